The number of nitrogens with zero attached hydrogens (tertiary/aromatic N) is 4. The van der Waals surface area contributed by atoms with Gasteiger partial charge in [-0.1, -0.05) is 65.0 Å². The van der Waals surface area contributed by atoms with Gasteiger partial charge in [0.15, 0.2) is 0 Å². The SMILES string of the molecule is CC(C)c1nnc(C(C)(C)C)n1C1CC2CCC(C1)N2C(C)(C)C[C@@H](N)c1ccccc1. The first kappa shape index (κ1) is 23.4. The zero-order valence-corrected chi connectivity index (χ0v) is 21.2. The van der Waals surface area contributed by atoms with Gasteiger partial charge in [-0.2, -0.15) is 0 Å². The van der Waals surface area contributed by atoms with Crippen LogP contribution in [0.5, 0.6) is 0 Å². The number of piperidine rings is 1. The molecule has 3 atom stereocenters. The van der Waals surface area contributed by atoms with Crippen LogP contribution in [-0.2, 0) is 5.41 Å². The molecule has 2 N–H and O–H groups in total. The van der Waals surface area contributed by atoms with Crippen molar-refractivity contribution >= 4 is 0 Å². The van der Waals surface area contributed by atoms with Gasteiger partial charge in [-0.3, -0.25) is 4.90 Å². The molecule has 2 saturated heterocycles. The van der Waals surface area contributed by atoms with Crippen LogP contribution in [0.25, 0.3) is 0 Å². The Morgan fingerprint density at radius 2 is 1.53 bits per heavy atom. The molecule has 0 amide bonds. The van der Waals surface area contributed by atoms with E-state index in [-0.39, 0.29) is 17.0 Å². The first-order valence-electron chi connectivity index (χ1n) is 12.5. The molecule has 2 aliphatic rings. The summed E-state index contributed by atoms with van der Waals surface area (Å²) in [5.74, 6) is 2.68. The number of rotatable bonds is 6. The molecule has 4 rings (SSSR count). The highest BCUT2D eigenvalue weighted by atomic mass is 15.3. The first-order valence-corrected chi connectivity index (χ1v) is 12.5. The normalized spacial score (nSPS) is 25.5. The monoisotopic (exact) mass is 437 g/mol. The van der Waals surface area contributed by atoms with Gasteiger partial charge in [-0.15, -0.1) is 10.2 Å². The van der Waals surface area contributed by atoms with E-state index in [1.54, 1.807) is 0 Å². The summed E-state index contributed by atoms with van der Waals surface area (Å²) in [6.45, 7) is 16.1. The van der Waals surface area contributed by atoms with Gasteiger partial charge in [0.05, 0.1) is 0 Å². The Labute approximate surface area is 194 Å². The molecule has 1 aromatic heterocycles. The molecule has 3 heterocycles. The molecule has 2 unspecified atom stereocenters. The average molecular weight is 438 g/mol. The lowest BCUT2D eigenvalue weighted by Crippen LogP contribution is -2.55. The van der Waals surface area contributed by atoms with Gasteiger partial charge in [0.2, 0.25) is 0 Å². The molecule has 1 aromatic carbocycles. The van der Waals surface area contributed by atoms with Gasteiger partial charge < -0.3 is 10.3 Å². The molecule has 2 aliphatic heterocycles. The minimum absolute atomic E-state index is 0.00194. The summed E-state index contributed by atoms with van der Waals surface area (Å²) in [6, 6.07) is 12.3. The van der Waals surface area contributed by atoms with Crippen molar-refractivity contribution in [3.05, 3.63) is 47.5 Å². The van der Waals surface area contributed by atoms with Gasteiger partial charge in [-0.25, -0.2) is 0 Å². The number of nitrogens with two attached hydrogens (primary N) is 1. The van der Waals surface area contributed by atoms with E-state index in [1.165, 1.54) is 31.2 Å². The molecular weight excluding hydrogens is 394 g/mol. The van der Waals surface area contributed by atoms with E-state index in [0.29, 0.717) is 24.0 Å². The smallest absolute Gasteiger partial charge is 0.138 e. The van der Waals surface area contributed by atoms with Crippen LogP contribution >= 0.6 is 0 Å². The molecular formula is C27H43N5. The van der Waals surface area contributed by atoms with Crippen LogP contribution in [0.3, 0.4) is 0 Å². The Morgan fingerprint density at radius 1 is 0.938 bits per heavy atom. The second-order valence-electron chi connectivity index (χ2n) is 12.1. The summed E-state index contributed by atoms with van der Waals surface area (Å²) in [5.41, 5.74) is 7.99. The molecule has 176 valence electrons. The van der Waals surface area contributed by atoms with Gasteiger partial charge >= 0.3 is 0 Å². The molecule has 0 saturated carbocycles. The predicted molar refractivity (Wildman–Crippen MR) is 132 cm³/mol. The summed E-state index contributed by atoms with van der Waals surface area (Å²) in [6.07, 6.45) is 5.92. The number of hydrogen-bond acceptors (Lipinski definition) is 4. The number of benzene rings is 1. The fraction of sp³-hybridized carbons (Fsp3) is 0.704. The molecule has 0 radical (unpaired) electrons. The molecule has 5 nitrogen and oxygen atoms in total. The first-order chi connectivity index (χ1) is 15.0. The lowest BCUT2D eigenvalue weighted by Gasteiger charge is -2.49. The minimum Gasteiger partial charge on any atom is -0.324 e. The Bertz CT molecular complexity index is 894. The second kappa shape index (κ2) is 8.57. The minimum atomic E-state index is -0.00194. The van der Waals surface area contributed by atoms with Crippen LogP contribution in [-0.4, -0.2) is 37.3 Å². The maximum absolute atomic E-state index is 6.68. The Kier molecular flexibility index (Phi) is 6.28. The summed E-state index contributed by atoms with van der Waals surface area (Å²) in [7, 11) is 0. The quantitative estimate of drug-likeness (QED) is 0.626. The Balaban J connectivity index is 1.56. The lowest BCUT2D eigenvalue weighted by molar-refractivity contribution is 0.00497. The molecule has 2 aromatic rings. The van der Waals surface area contributed by atoms with Gasteiger partial charge in [0.25, 0.3) is 0 Å². The van der Waals surface area contributed by atoms with Crippen molar-refractivity contribution in [3.63, 3.8) is 0 Å². The third-order valence-electron chi connectivity index (χ3n) is 7.63. The summed E-state index contributed by atoms with van der Waals surface area (Å²) in [4.78, 5) is 2.82. The Hall–Kier alpha value is -1.72. The third kappa shape index (κ3) is 4.38. The van der Waals surface area contributed by atoms with Crippen molar-refractivity contribution in [1.29, 1.82) is 0 Å². The fourth-order valence-corrected chi connectivity index (χ4v) is 6.38. The highest BCUT2D eigenvalue weighted by Crippen LogP contribution is 2.47. The van der Waals surface area contributed by atoms with Gasteiger partial charge in [0, 0.05) is 41.0 Å². The summed E-state index contributed by atoms with van der Waals surface area (Å²) >= 11 is 0. The topological polar surface area (TPSA) is 60.0 Å². The summed E-state index contributed by atoms with van der Waals surface area (Å²) < 4.78 is 2.52. The van der Waals surface area contributed by atoms with E-state index in [1.807, 2.05) is 0 Å². The zero-order valence-electron chi connectivity index (χ0n) is 21.2. The highest BCUT2D eigenvalue weighted by molar-refractivity contribution is 5.20. The van der Waals surface area contributed by atoms with Crippen molar-refractivity contribution in [1.82, 2.24) is 19.7 Å². The number of fused-ring (bicyclic) bond motifs is 2. The number of hydrogen-bond donors (Lipinski definition) is 1. The van der Waals surface area contributed by atoms with Crippen molar-refractivity contribution < 1.29 is 0 Å². The van der Waals surface area contributed by atoms with Crippen molar-refractivity contribution in [2.45, 2.75) is 122 Å². The predicted octanol–water partition coefficient (Wildman–Crippen LogP) is 5.74. The zero-order chi connectivity index (χ0) is 23.3. The van der Waals surface area contributed by atoms with E-state index < -0.39 is 0 Å². The molecule has 0 spiro atoms. The average Bonchev–Trinajstić information content (AvgIpc) is 3.28. The van der Waals surface area contributed by atoms with E-state index >= 15 is 0 Å². The third-order valence-corrected chi connectivity index (χ3v) is 7.63. The Morgan fingerprint density at radius 3 is 2.06 bits per heavy atom. The van der Waals surface area contributed by atoms with Crippen LogP contribution < -0.4 is 5.73 Å². The maximum Gasteiger partial charge on any atom is 0.138 e. The molecule has 5 heteroatoms. The van der Waals surface area contributed by atoms with Gasteiger partial charge in [-0.05, 0) is 51.5 Å². The summed E-state index contributed by atoms with van der Waals surface area (Å²) in [5, 5.41) is 9.33. The molecule has 32 heavy (non-hydrogen) atoms. The standard InChI is InChI=1S/C27H43N5/c1-18(2)24-29-30-25(26(3,4)5)31(24)22-15-20-13-14-21(16-22)32(20)27(6,7)17-23(28)19-11-9-8-10-12-19/h8-12,18,20-23H,13-17,28H2,1-7H3/t20?,21?,22?,23-/m1/s1. The van der Waals surface area contributed by atoms with Crippen LogP contribution in [0.1, 0.15) is 116 Å². The maximum atomic E-state index is 6.68. The van der Waals surface area contributed by atoms with Crippen LogP contribution in [0.15, 0.2) is 30.3 Å². The van der Waals surface area contributed by atoms with Crippen LogP contribution in [0.2, 0.25) is 0 Å². The van der Waals surface area contributed by atoms with Crippen molar-refractivity contribution in [2.24, 2.45) is 5.73 Å². The highest BCUT2D eigenvalue weighted by Gasteiger charge is 2.48. The van der Waals surface area contributed by atoms with Crippen LogP contribution in [0.4, 0.5) is 0 Å². The molecule has 0 aliphatic carbocycles. The van der Waals surface area contributed by atoms with Crippen molar-refractivity contribution in [2.75, 3.05) is 0 Å². The van der Waals surface area contributed by atoms with Gasteiger partial charge in [0.1, 0.15) is 11.6 Å². The largest absolute Gasteiger partial charge is 0.324 e. The van der Waals surface area contributed by atoms with E-state index in [9.17, 15) is 0 Å². The molecule has 2 bridgehead atoms. The lowest BCUT2D eigenvalue weighted by atomic mass is 9.84. The van der Waals surface area contributed by atoms with Crippen LogP contribution in [0, 0.1) is 0 Å². The van der Waals surface area contributed by atoms with E-state index in [4.69, 9.17) is 5.73 Å². The fourth-order valence-electron chi connectivity index (χ4n) is 6.38. The van der Waals surface area contributed by atoms with Crippen molar-refractivity contribution in [3.8, 4) is 0 Å². The number of aromatic nitrogens is 3. The van der Waals surface area contributed by atoms with E-state index in [2.05, 4.69) is 98.5 Å². The molecule has 2 fully saturated rings. The second-order valence-corrected chi connectivity index (χ2v) is 12.1. The van der Waals surface area contributed by atoms with E-state index in [0.717, 1.165) is 18.1 Å².